The summed E-state index contributed by atoms with van der Waals surface area (Å²) in [6.07, 6.45) is 7.56. The third-order valence-electron chi connectivity index (χ3n) is 5.39. The van der Waals surface area contributed by atoms with Gasteiger partial charge in [-0.3, -0.25) is 0 Å². The molecule has 0 spiro atoms. The average Bonchev–Trinajstić information content (AvgIpc) is 3.25. The van der Waals surface area contributed by atoms with Gasteiger partial charge >= 0.3 is 6.03 Å². The normalized spacial score (nSPS) is 22.8. The highest BCUT2D eigenvalue weighted by Crippen LogP contribution is 2.47. The predicted octanol–water partition coefficient (Wildman–Crippen LogP) is 3.51. The fourth-order valence-electron chi connectivity index (χ4n) is 4.32. The standard InChI is InChI=1S/C18H22N2O4S/c1-11-8-9-16(24-11)25(22,23)20-18(21)19-17-14-6-2-4-12(14)10-13-5-3-7-15(13)17/h8-9,12H,2-7,10H2,1H3,(H2,19,20,21). The largest absolute Gasteiger partial charge is 0.448 e. The molecule has 1 unspecified atom stereocenters. The van der Waals surface area contributed by atoms with Gasteiger partial charge in [0.1, 0.15) is 5.76 Å². The number of amides is 2. The molecule has 0 aliphatic heterocycles. The minimum atomic E-state index is -4.00. The van der Waals surface area contributed by atoms with E-state index in [1.54, 1.807) is 13.0 Å². The molecule has 3 aliphatic carbocycles. The van der Waals surface area contributed by atoms with Crippen molar-refractivity contribution in [2.75, 3.05) is 0 Å². The monoisotopic (exact) mass is 362 g/mol. The van der Waals surface area contributed by atoms with Crippen molar-refractivity contribution >= 4 is 16.1 Å². The zero-order valence-electron chi connectivity index (χ0n) is 14.2. The maximum Gasteiger partial charge on any atom is 0.333 e. The highest BCUT2D eigenvalue weighted by molar-refractivity contribution is 7.89. The molecule has 0 aromatic carbocycles. The fraction of sp³-hybridized carbons (Fsp3) is 0.500. The minimum absolute atomic E-state index is 0.249. The molecular weight excluding hydrogens is 340 g/mol. The van der Waals surface area contributed by atoms with Crippen LogP contribution in [0.4, 0.5) is 4.79 Å². The van der Waals surface area contributed by atoms with Gasteiger partial charge in [-0.2, -0.15) is 8.42 Å². The lowest BCUT2D eigenvalue weighted by Crippen LogP contribution is -2.40. The van der Waals surface area contributed by atoms with E-state index in [1.165, 1.54) is 22.8 Å². The molecule has 25 heavy (non-hydrogen) atoms. The molecule has 1 aromatic rings. The lowest BCUT2D eigenvalue weighted by Gasteiger charge is -2.26. The number of hydrogen-bond acceptors (Lipinski definition) is 4. The summed E-state index contributed by atoms with van der Waals surface area (Å²) in [5.74, 6) is 0.990. The summed E-state index contributed by atoms with van der Waals surface area (Å²) >= 11 is 0. The van der Waals surface area contributed by atoms with E-state index in [0.717, 1.165) is 50.6 Å². The molecule has 0 radical (unpaired) electrons. The molecule has 2 N–H and O–H groups in total. The number of rotatable bonds is 3. The molecular formula is C18H22N2O4S. The second-order valence-electron chi connectivity index (χ2n) is 7.05. The summed E-state index contributed by atoms with van der Waals surface area (Å²) in [5, 5.41) is 2.60. The maximum atomic E-state index is 12.4. The number of urea groups is 1. The summed E-state index contributed by atoms with van der Waals surface area (Å²) in [6.45, 7) is 1.65. The van der Waals surface area contributed by atoms with Gasteiger partial charge in [0.2, 0.25) is 5.09 Å². The summed E-state index contributed by atoms with van der Waals surface area (Å²) in [7, 11) is -4.00. The number of carbonyl (C=O) groups is 1. The van der Waals surface area contributed by atoms with Crippen LogP contribution in [0.25, 0.3) is 0 Å². The van der Waals surface area contributed by atoms with Crippen LogP contribution in [0.3, 0.4) is 0 Å². The van der Waals surface area contributed by atoms with Gasteiger partial charge in [-0.15, -0.1) is 0 Å². The number of fused-ring (bicyclic) bond motifs is 1. The third-order valence-corrected chi connectivity index (χ3v) is 6.59. The molecule has 1 fully saturated rings. The van der Waals surface area contributed by atoms with Crippen LogP contribution in [0, 0.1) is 12.8 Å². The van der Waals surface area contributed by atoms with Crippen molar-refractivity contribution in [3.63, 3.8) is 0 Å². The number of aryl methyl sites for hydroxylation is 1. The van der Waals surface area contributed by atoms with Crippen molar-refractivity contribution in [2.24, 2.45) is 5.92 Å². The second kappa shape index (κ2) is 6.05. The van der Waals surface area contributed by atoms with Gasteiger partial charge < -0.3 is 9.73 Å². The van der Waals surface area contributed by atoms with Gasteiger partial charge in [0.05, 0.1) is 0 Å². The van der Waals surface area contributed by atoms with E-state index in [4.69, 9.17) is 4.42 Å². The number of carbonyl (C=O) groups excluding carboxylic acids is 1. The topological polar surface area (TPSA) is 88.4 Å². The van der Waals surface area contributed by atoms with Gasteiger partial charge in [0.15, 0.2) is 0 Å². The molecule has 134 valence electrons. The predicted molar refractivity (Wildman–Crippen MR) is 92.2 cm³/mol. The fourth-order valence-corrected chi connectivity index (χ4v) is 5.20. The van der Waals surface area contributed by atoms with E-state index < -0.39 is 16.1 Å². The van der Waals surface area contributed by atoms with Crippen LogP contribution in [0.5, 0.6) is 0 Å². The number of nitrogens with one attached hydrogen (secondary N) is 2. The van der Waals surface area contributed by atoms with Crippen molar-refractivity contribution in [2.45, 2.75) is 57.0 Å². The van der Waals surface area contributed by atoms with Crippen molar-refractivity contribution < 1.29 is 17.6 Å². The average molecular weight is 362 g/mol. The Morgan fingerprint density at radius 2 is 2.04 bits per heavy atom. The van der Waals surface area contributed by atoms with Gasteiger partial charge in [-0.05, 0) is 81.1 Å². The van der Waals surface area contributed by atoms with Gasteiger partial charge in [-0.25, -0.2) is 9.52 Å². The molecule has 6 nitrogen and oxygen atoms in total. The first-order valence-electron chi connectivity index (χ1n) is 8.78. The Labute approximate surface area is 147 Å². The molecule has 3 aliphatic rings. The minimum Gasteiger partial charge on any atom is -0.448 e. The van der Waals surface area contributed by atoms with Crippen LogP contribution in [0.15, 0.2) is 44.1 Å². The van der Waals surface area contributed by atoms with Crippen LogP contribution in [0.2, 0.25) is 0 Å². The lowest BCUT2D eigenvalue weighted by atomic mass is 9.84. The number of sulfonamides is 1. The van der Waals surface area contributed by atoms with E-state index >= 15 is 0 Å². The molecule has 4 rings (SSSR count). The number of hydrogen-bond donors (Lipinski definition) is 2. The Balaban J connectivity index is 1.55. The quantitative estimate of drug-likeness (QED) is 0.861. The molecule has 1 saturated carbocycles. The van der Waals surface area contributed by atoms with E-state index in [0.29, 0.717) is 11.7 Å². The van der Waals surface area contributed by atoms with E-state index in [1.807, 2.05) is 0 Å². The van der Waals surface area contributed by atoms with E-state index in [-0.39, 0.29) is 5.09 Å². The maximum absolute atomic E-state index is 12.4. The van der Waals surface area contributed by atoms with Gasteiger partial charge in [0, 0.05) is 5.70 Å². The Kier molecular flexibility index (Phi) is 3.98. The molecule has 1 heterocycles. The van der Waals surface area contributed by atoms with Crippen LogP contribution in [-0.4, -0.2) is 14.4 Å². The molecule has 7 heteroatoms. The van der Waals surface area contributed by atoms with Crippen LogP contribution in [-0.2, 0) is 10.0 Å². The Hall–Kier alpha value is -2.02. The Morgan fingerprint density at radius 1 is 1.20 bits per heavy atom. The zero-order valence-corrected chi connectivity index (χ0v) is 15.0. The summed E-state index contributed by atoms with van der Waals surface area (Å²) < 4.78 is 31.7. The molecule has 0 saturated heterocycles. The zero-order chi connectivity index (χ0) is 17.6. The van der Waals surface area contributed by atoms with Crippen molar-refractivity contribution in [1.29, 1.82) is 0 Å². The van der Waals surface area contributed by atoms with Crippen LogP contribution in [0.1, 0.15) is 50.7 Å². The SMILES string of the molecule is Cc1ccc(S(=O)(=O)NC(=O)NC2=C3CCCC3CC3=C2CCC3)o1. The molecule has 1 aromatic heterocycles. The Bertz CT molecular complexity index is 892. The van der Waals surface area contributed by atoms with Crippen LogP contribution < -0.4 is 10.0 Å². The molecule has 2 amide bonds. The Morgan fingerprint density at radius 3 is 2.80 bits per heavy atom. The number of furan rings is 1. The lowest BCUT2D eigenvalue weighted by molar-refractivity contribution is 0.247. The van der Waals surface area contributed by atoms with Crippen molar-refractivity contribution in [3.8, 4) is 0 Å². The first-order valence-corrected chi connectivity index (χ1v) is 10.3. The van der Waals surface area contributed by atoms with Crippen LogP contribution >= 0.6 is 0 Å². The first-order chi connectivity index (χ1) is 11.9. The molecule has 1 atom stereocenters. The summed E-state index contributed by atoms with van der Waals surface area (Å²) in [5.41, 5.74) is 4.84. The smallest absolute Gasteiger partial charge is 0.333 e. The third kappa shape index (κ3) is 3.01. The number of allylic oxidation sites excluding steroid dienone is 3. The summed E-state index contributed by atoms with van der Waals surface area (Å²) in [4.78, 5) is 12.4. The van der Waals surface area contributed by atoms with Crippen molar-refractivity contribution in [3.05, 3.63) is 40.3 Å². The second-order valence-corrected chi connectivity index (χ2v) is 8.67. The van der Waals surface area contributed by atoms with Crippen molar-refractivity contribution in [1.82, 2.24) is 10.0 Å². The van der Waals surface area contributed by atoms with Gasteiger partial charge in [0.25, 0.3) is 10.0 Å². The highest BCUT2D eigenvalue weighted by Gasteiger charge is 2.35. The van der Waals surface area contributed by atoms with Gasteiger partial charge in [-0.1, -0.05) is 5.57 Å². The van der Waals surface area contributed by atoms with E-state index in [2.05, 4.69) is 10.0 Å². The molecule has 0 bridgehead atoms. The van der Waals surface area contributed by atoms with E-state index in [9.17, 15) is 13.2 Å². The highest BCUT2D eigenvalue weighted by atomic mass is 32.2. The summed E-state index contributed by atoms with van der Waals surface area (Å²) in [6, 6.07) is 2.18. The first kappa shape index (κ1) is 16.4.